The van der Waals surface area contributed by atoms with Gasteiger partial charge in [-0.05, 0) is 71.9 Å². The molecule has 2 rings (SSSR count). The molecule has 2 aromatic rings. The average Bonchev–Trinajstić information content (AvgIpc) is 2.97. The van der Waals surface area contributed by atoms with Crippen LogP contribution in [0.1, 0.15) is 65.4 Å². The summed E-state index contributed by atoms with van der Waals surface area (Å²) < 4.78 is 0. The Bertz CT molecular complexity index is 1440. The molecule has 0 aliphatic heterocycles. The van der Waals surface area contributed by atoms with E-state index in [0.717, 1.165) is 0 Å². The first kappa shape index (κ1) is 38.9. The standard InChI is InChI=1S/C33H43ClN6O6S/c1-20(2)16-25(21-6-10-23(11-7-21)37-32(36-19-35)38-24-12-8-22(34)9-13-24)29(42)40-26(30(43)44)14-15-47-18-27(31(45)46)39-28(41)17-33(3,4)5/h6-13,20,25-27H,14-18H2,1-5H3,(H,39,41)(H,40,42)(H,43,44)(H,45,46)(H2,36,37,38). The van der Waals surface area contributed by atoms with Crippen LogP contribution in [0.5, 0.6) is 0 Å². The van der Waals surface area contributed by atoms with Crippen molar-refractivity contribution in [1.82, 2.24) is 10.6 Å². The molecule has 0 saturated heterocycles. The Morgan fingerprint density at radius 3 is 1.96 bits per heavy atom. The molecule has 47 heavy (non-hydrogen) atoms. The third kappa shape index (κ3) is 14.8. The number of hydrogen-bond donors (Lipinski definition) is 6. The molecule has 0 bridgehead atoms. The number of anilines is 2. The molecule has 0 aromatic heterocycles. The maximum absolute atomic E-state index is 13.4. The second-order valence-corrected chi connectivity index (χ2v) is 14.2. The number of carboxylic acids is 2. The van der Waals surface area contributed by atoms with E-state index in [1.54, 1.807) is 54.7 Å². The number of rotatable bonds is 16. The number of hydrogen-bond acceptors (Lipinski definition) is 7. The maximum atomic E-state index is 13.4. The highest BCUT2D eigenvalue weighted by Gasteiger charge is 2.28. The van der Waals surface area contributed by atoms with Gasteiger partial charge in [-0.1, -0.05) is 58.4 Å². The highest BCUT2D eigenvalue weighted by atomic mass is 35.5. The molecule has 0 spiro atoms. The van der Waals surface area contributed by atoms with Gasteiger partial charge in [-0.25, -0.2) is 9.59 Å². The Morgan fingerprint density at radius 1 is 0.915 bits per heavy atom. The Labute approximate surface area is 284 Å². The Morgan fingerprint density at radius 2 is 1.47 bits per heavy atom. The van der Waals surface area contributed by atoms with Gasteiger partial charge in [0, 0.05) is 28.6 Å². The maximum Gasteiger partial charge on any atom is 0.327 e. The van der Waals surface area contributed by atoms with Gasteiger partial charge < -0.3 is 31.5 Å². The predicted molar refractivity (Wildman–Crippen MR) is 186 cm³/mol. The van der Waals surface area contributed by atoms with Crippen LogP contribution in [0, 0.1) is 22.8 Å². The number of guanidine groups is 1. The molecule has 6 N–H and O–H groups in total. The van der Waals surface area contributed by atoms with Gasteiger partial charge in [0.1, 0.15) is 12.1 Å². The highest BCUT2D eigenvalue weighted by molar-refractivity contribution is 7.99. The predicted octanol–water partition coefficient (Wildman–Crippen LogP) is 5.53. The van der Waals surface area contributed by atoms with E-state index in [1.165, 1.54) is 11.8 Å². The van der Waals surface area contributed by atoms with Crippen molar-refractivity contribution in [1.29, 1.82) is 5.26 Å². The van der Waals surface area contributed by atoms with Crippen molar-refractivity contribution < 1.29 is 29.4 Å². The number of thioether (sulfide) groups is 1. The summed E-state index contributed by atoms with van der Waals surface area (Å²) in [5.74, 6) is -3.20. The van der Waals surface area contributed by atoms with E-state index in [9.17, 15) is 29.4 Å². The van der Waals surface area contributed by atoms with Gasteiger partial charge in [-0.15, -0.1) is 4.99 Å². The topological polar surface area (TPSA) is 193 Å². The van der Waals surface area contributed by atoms with Crippen LogP contribution < -0.4 is 21.3 Å². The zero-order chi connectivity index (χ0) is 35.1. The van der Waals surface area contributed by atoms with Crippen molar-refractivity contribution in [3.63, 3.8) is 0 Å². The minimum atomic E-state index is -1.20. The number of aliphatic carboxylic acids is 2. The number of nitriles is 1. The number of aliphatic imine (C=N–C) groups is 1. The van der Waals surface area contributed by atoms with Crippen molar-refractivity contribution in [2.24, 2.45) is 16.3 Å². The normalized spacial score (nSPS) is 13.5. The van der Waals surface area contributed by atoms with E-state index in [1.807, 2.05) is 34.6 Å². The van der Waals surface area contributed by atoms with Crippen LogP contribution in [0.15, 0.2) is 53.5 Å². The minimum absolute atomic E-state index is 0.0534. The number of amides is 2. The second-order valence-electron chi connectivity index (χ2n) is 12.6. The third-order valence-corrected chi connectivity index (χ3v) is 7.99. The fraction of sp³-hybridized carbons (Fsp3) is 0.455. The Kier molecular flexibility index (Phi) is 15.5. The minimum Gasteiger partial charge on any atom is -0.480 e. The number of carbonyl (C=O) groups excluding carboxylic acids is 2. The van der Waals surface area contributed by atoms with Crippen molar-refractivity contribution in [3.05, 3.63) is 59.1 Å². The molecular formula is C33H43ClN6O6S. The fourth-order valence-electron chi connectivity index (χ4n) is 4.44. The fourth-order valence-corrected chi connectivity index (χ4v) is 5.60. The summed E-state index contributed by atoms with van der Waals surface area (Å²) in [7, 11) is 0. The lowest BCUT2D eigenvalue weighted by molar-refractivity contribution is -0.142. The highest BCUT2D eigenvalue weighted by Crippen LogP contribution is 2.26. The van der Waals surface area contributed by atoms with Gasteiger partial charge in [-0.3, -0.25) is 9.59 Å². The number of nitrogens with zero attached hydrogens (tertiary/aromatic N) is 2. The molecular weight excluding hydrogens is 644 g/mol. The van der Waals surface area contributed by atoms with E-state index in [-0.39, 0.29) is 47.5 Å². The first-order valence-corrected chi connectivity index (χ1v) is 16.6. The molecule has 3 unspecified atom stereocenters. The first-order valence-electron chi connectivity index (χ1n) is 15.1. The lowest BCUT2D eigenvalue weighted by atomic mass is 9.89. The monoisotopic (exact) mass is 686 g/mol. The zero-order valence-electron chi connectivity index (χ0n) is 27.2. The summed E-state index contributed by atoms with van der Waals surface area (Å²) in [4.78, 5) is 53.1. The van der Waals surface area contributed by atoms with E-state index in [0.29, 0.717) is 28.4 Å². The summed E-state index contributed by atoms with van der Waals surface area (Å²) in [5.41, 5.74) is 1.64. The Balaban J connectivity index is 2.05. The average molecular weight is 687 g/mol. The molecule has 0 radical (unpaired) electrons. The number of halogens is 1. The first-order chi connectivity index (χ1) is 22.1. The molecule has 0 heterocycles. The summed E-state index contributed by atoms with van der Waals surface area (Å²) in [6.07, 6.45) is 2.45. The molecule has 0 fully saturated rings. The zero-order valence-corrected chi connectivity index (χ0v) is 28.7. The van der Waals surface area contributed by atoms with Crippen LogP contribution >= 0.6 is 23.4 Å². The van der Waals surface area contributed by atoms with Gasteiger partial charge in [0.2, 0.25) is 24.0 Å². The summed E-state index contributed by atoms with van der Waals surface area (Å²) in [6, 6.07) is 11.5. The SMILES string of the molecule is CC(C)CC(C(=O)NC(CCSCC(NC(=O)CC(C)(C)C)C(=O)O)C(=O)O)c1ccc(NC(=NC#N)Nc2ccc(Cl)cc2)cc1. The molecule has 0 aliphatic carbocycles. The molecule has 0 aliphatic rings. The van der Waals surface area contributed by atoms with Crippen LogP contribution in [0.3, 0.4) is 0 Å². The molecule has 0 saturated carbocycles. The number of benzene rings is 2. The van der Waals surface area contributed by atoms with Crippen LogP contribution in [-0.2, 0) is 19.2 Å². The lowest BCUT2D eigenvalue weighted by Crippen LogP contribution is -2.44. The molecule has 3 atom stereocenters. The van der Waals surface area contributed by atoms with E-state index >= 15 is 0 Å². The molecule has 14 heteroatoms. The second kappa shape index (κ2) is 18.8. The van der Waals surface area contributed by atoms with Crippen LogP contribution in [0.4, 0.5) is 11.4 Å². The van der Waals surface area contributed by atoms with Crippen LogP contribution in [0.2, 0.25) is 5.02 Å². The van der Waals surface area contributed by atoms with Crippen molar-refractivity contribution >= 4 is 64.5 Å². The third-order valence-electron chi connectivity index (χ3n) is 6.64. The van der Waals surface area contributed by atoms with E-state index in [4.69, 9.17) is 16.9 Å². The van der Waals surface area contributed by atoms with Crippen LogP contribution in [0.25, 0.3) is 0 Å². The molecule has 254 valence electrons. The van der Waals surface area contributed by atoms with Crippen molar-refractivity contribution in [2.45, 2.75) is 71.9 Å². The summed E-state index contributed by atoms with van der Waals surface area (Å²) >= 11 is 7.13. The van der Waals surface area contributed by atoms with E-state index < -0.39 is 35.8 Å². The largest absolute Gasteiger partial charge is 0.480 e. The molecule has 12 nitrogen and oxygen atoms in total. The van der Waals surface area contributed by atoms with Gasteiger partial charge in [0.05, 0.1) is 5.92 Å². The quantitative estimate of drug-likeness (QED) is 0.0566. The summed E-state index contributed by atoms with van der Waals surface area (Å²) in [5, 5.41) is 40.3. The number of carbonyl (C=O) groups is 4. The van der Waals surface area contributed by atoms with Crippen LogP contribution in [-0.4, -0.2) is 63.5 Å². The lowest BCUT2D eigenvalue weighted by Gasteiger charge is -2.23. The van der Waals surface area contributed by atoms with Gasteiger partial charge in [0.15, 0.2) is 0 Å². The molecule has 2 aromatic carbocycles. The number of nitrogens with one attached hydrogen (secondary N) is 4. The van der Waals surface area contributed by atoms with Crippen molar-refractivity contribution in [3.8, 4) is 6.19 Å². The van der Waals surface area contributed by atoms with Gasteiger partial charge in [-0.2, -0.15) is 17.0 Å². The van der Waals surface area contributed by atoms with Crippen molar-refractivity contribution in [2.75, 3.05) is 22.1 Å². The van der Waals surface area contributed by atoms with Gasteiger partial charge >= 0.3 is 11.9 Å². The summed E-state index contributed by atoms with van der Waals surface area (Å²) in [6.45, 7) is 9.56. The smallest absolute Gasteiger partial charge is 0.327 e. The van der Waals surface area contributed by atoms with E-state index in [2.05, 4.69) is 26.3 Å². The molecule has 2 amide bonds. The number of carboxylic acid groups (broad SMARTS) is 2. The Hall–Kier alpha value is -4.28. The van der Waals surface area contributed by atoms with Gasteiger partial charge in [0.25, 0.3) is 0 Å².